The van der Waals surface area contributed by atoms with Gasteiger partial charge in [0.2, 0.25) is 0 Å². The van der Waals surface area contributed by atoms with Crippen molar-refractivity contribution in [1.82, 2.24) is 5.32 Å². The van der Waals surface area contributed by atoms with Gasteiger partial charge in [-0.25, -0.2) is 4.39 Å². The van der Waals surface area contributed by atoms with Gasteiger partial charge >= 0.3 is 5.97 Å². The molecule has 0 aromatic heterocycles. The average Bonchev–Trinajstić information content (AvgIpc) is 2.35. The smallest absolute Gasteiger partial charge is 0.320 e. The molecule has 0 bridgehead atoms. The maximum atomic E-state index is 12.9. The van der Waals surface area contributed by atoms with Crippen LogP contribution >= 0.6 is 15.9 Å². The number of ether oxygens (including phenoxy) is 1. The zero-order chi connectivity index (χ0) is 13.5. The first-order chi connectivity index (χ1) is 8.54. The molecule has 0 radical (unpaired) electrons. The van der Waals surface area contributed by atoms with Crippen LogP contribution in [0.25, 0.3) is 0 Å². The molecule has 0 spiro atoms. The van der Waals surface area contributed by atoms with E-state index < -0.39 is 0 Å². The lowest BCUT2D eigenvalue weighted by molar-refractivity contribution is -0.139. The van der Waals surface area contributed by atoms with E-state index in [9.17, 15) is 9.18 Å². The number of benzene rings is 1. The van der Waals surface area contributed by atoms with Crippen molar-refractivity contribution in [3.8, 4) is 0 Å². The number of hydrogen-bond acceptors (Lipinski definition) is 3. The molecule has 1 aromatic carbocycles. The Kier molecular flexibility index (Phi) is 6.29. The van der Waals surface area contributed by atoms with Crippen molar-refractivity contribution in [2.45, 2.75) is 18.2 Å². The Morgan fingerprint density at radius 1 is 1.56 bits per heavy atom. The summed E-state index contributed by atoms with van der Waals surface area (Å²) in [7, 11) is 1.36. The predicted octanol–water partition coefficient (Wildman–Crippen LogP) is 2.20. The summed E-state index contributed by atoms with van der Waals surface area (Å²) in [6.07, 6.45) is 0.799. The molecule has 1 unspecified atom stereocenters. The van der Waals surface area contributed by atoms with E-state index in [1.165, 1.54) is 19.2 Å². The molecule has 0 saturated heterocycles. The topological polar surface area (TPSA) is 38.3 Å². The summed E-state index contributed by atoms with van der Waals surface area (Å²) in [5, 5.41) is 3.15. The number of carbonyl (C=O) groups excluding carboxylic acids is 1. The van der Waals surface area contributed by atoms with Crippen molar-refractivity contribution in [1.29, 1.82) is 0 Å². The van der Waals surface area contributed by atoms with E-state index in [0.29, 0.717) is 6.54 Å². The van der Waals surface area contributed by atoms with Crippen LogP contribution in [0.3, 0.4) is 0 Å². The van der Waals surface area contributed by atoms with Crippen LogP contribution in [-0.4, -0.2) is 31.0 Å². The largest absolute Gasteiger partial charge is 0.468 e. The normalized spacial score (nSPS) is 12.2. The van der Waals surface area contributed by atoms with Crippen LogP contribution in [0.4, 0.5) is 4.39 Å². The van der Waals surface area contributed by atoms with Gasteiger partial charge in [-0.1, -0.05) is 22.0 Å². The Labute approximate surface area is 115 Å². The molecule has 5 heteroatoms. The quantitative estimate of drug-likeness (QED) is 0.496. The van der Waals surface area contributed by atoms with Crippen LogP contribution in [0.5, 0.6) is 0 Å². The highest BCUT2D eigenvalue weighted by Gasteiger charge is 2.13. The molecule has 0 fully saturated rings. The number of methoxy groups -OCH3 is 1. The maximum absolute atomic E-state index is 12.9. The molecule has 0 aliphatic heterocycles. The molecule has 1 rings (SSSR count). The highest BCUT2D eigenvalue weighted by molar-refractivity contribution is 9.10. The van der Waals surface area contributed by atoms with E-state index in [-0.39, 0.29) is 16.6 Å². The van der Waals surface area contributed by atoms with Gasteiger partial charge in [0.25, 0.3) is 0 Å². The van der Waals surface area contributed by atoms with Gasteiger partial charge < -0.3 is 10.1 Å². The van der Waals surface area contributed by atoms with Crippen molar-refractivity contribution >= 4 is 21.9 Å². The van der Waals surface area contributed by atoms with E-state index in [1.807, 2.05) is 6.92 Å². The van der Waals surface area contributed by atoms with Crippen LogP contribution in [0.1, 0.15) is 11.1 Å². The molecule has 1 atom stereocenters. The summed E-state index contributed by atoms with van der Waals surface area (Å²) < 4.78 is 17.5. The summed E-state index contributed by atoms with van der Waals surface area (Å²) in [6.45, 7) is 3.12. The fourth-order valence-electron chi connectivity index (χ4n) is 1.60. The zero-order valence-electron chi connectivity index (χ0n) is 10.5. The van der Waals surface area contributed by atoms with Crippen molar-refractivity contribution in [2.24, 2.45) is 0 Å². The van der Waals surface area contributed by atoms with Crippen molar-refractivity contribution in [2.75, 3.05) is 20.2 Å². The van der Waals surface area contributed by atoms with Gasteiger partial charge in [0.15, 0.2) is 0 Å². The van der Waals surface area contributed by atoms with Gasteiger partial charge in [0.05, 0.1) is 7.11 Å². The minimum Gasteiger partial charge on any atom is -0.468 e. The van der Waals surface area contributed by atoms with E-state index >= 15 is 0 Å². The van der Waals surface area contributed by atoms with Gasteiger partial charge in [-0.3, -0.25) is 4.79 Å². The van der Waals surface area contributed by atoms with Gasteiger partial charge in [-0.2, -0.15) is 0 Å². The van der Waals surface area contributed by atoms with E-state index in [2.05, 4.69) is 26.0 Å². The first-order valence-corrected chi connectivity index (χ1v) is 6.63. The standard InChI is InChI=1S/C13H17BrFNO2/c1-9-7-11(15)4-3-10(9)5-6-16-8-12(14)13(17)18-2/h3-4,7,12,16H,5-6,8H2,1-2H3. The minimum absolute atomic E-state index is 0.213. The van der Waals surface area contributed by atoms with E-state index in [1.54, 1.807) is 6.07 Å². The molecule has 3 nitrogen and oxygen atoms in total. The Morgan fingerprint density at radius 2 is 2.28 bits per heavy atom. The summed E-state index contributed by atoms with van der Waals surface area (Å²) >= 11 is 3.23. The molecule has 0 saturated carbocycles. The molecular formula is C13H17BrFNO2. The molecule has 1 aromatic rings. The second-order valence-corrected chi connectivity index (χ2v) is 5.12. The fourth-order valence-corrected chi connectivity index (χ4v) is 2.02. The Morgan fingerprint density at radius 3 is 2.89 bits per heavy atom. The average molecular weight is 318 g/mol. The van der Waals surface area contributed by atoms with Crippen LogP contribution in [-0.2, 0) is 16.0 Å². The summed E-state index contributed by atoms with van der Waals surface area (Å²) in [6, 6.07) is 4.78. The first kappa shape index (κ1) is 15.1. The van der Waals surface area contributed by atoms with Crippen LogP contribution in [0, 0.1) is 12.7 Å². The molecule has 0 amide bonds. The minimum atomic E-state index is -0.336. The Bertz CT molecular complexity index is 412. The van der Waals surface area contributed by atoms with Crippen molar-refractivity contribution in [3.63, 3.8) is 0 Å². The fraction of sp³-hybridized carbons (Fsp3) is 0.462. The highest BCUT2D eigenvalue weighted by atomic mass is 79.9. The van der Waals surface area contributed by atoms with Gasteiger partial charge in [0.1, 0.15) is 10.6 Å². The van der Waals surface area contributed by atoms with Crippen molar-refractivity contribution in [3.05, 3.63) is 35.1 Å². The molecule has 0 heterocycles. The Balaban J connectivity index is 2.32. The number of aryl methyl sites for hydroxylation is 1. The number of nitrogens with one attached hydrogen (secondary N) is 1. The molecular weight excluding hydrogens is 301 g/mol. The molecule has 100 valence electrons. The summed E-state index contributed by atoms with van der Waals surface area (Å²) in [5.74, 6) is -0.504. The number of esters is 1. The van der Waals surface area contributed by atoms with Crippen LogP contribution in [0.2, 0.25) is 0 Å². The Hall–Kier alpha value is -0.940. The number of halogens is 2. The molecule has 1 N–H and O–H groups in total. The second-order valence-electron chi connectivity index (χ2n) is 4.02. The van der Waals surface area contributed by atoms with E-state index in [4.69, 9.17) is 0 Å². The van der Waals surface area contributed by atoms with E-state index in [0.717, 1.165) is 24.1 Å². The number of carbonyl (C=O) groups is 1. The van der Waals surface area contributed by atoms with Gasteiger partial charge in [-0.15, -0.1) is 0 Å². The van der Waals surface area contributed by atoms with Gasteiger partial charge in [0, 0.05) is 6.54 Å². The number of alkyl halides is 1. The molecule has 0 aliphatic rings. The van der Waals surface area contributed by atoms with Crippen LogP contribution in [0.15, 0.2) is 18.2 Å². The third-order valence-corrected chi connectivity index (χ3v) is 3.35. The zero-order valence-corrected chi connectivity index (χ0v) is 12.1. The SMILES string of the molecule is COC(=O)C(Br)CNCCc1ccc(F)cc1C. The predicted molar refractivity (Wildman–Crippen MR) is 72.4 cm³/mol. The lowest BCUT2D eigenvalue weighted by atomic mass is 10.1. The van der Waals surface area contributed by atoms with Gasteiger partial charge in [-0.05, 0) is 43.1 Å². The summed E-state index contributed by atoms with van der Waals surface area (Å²) in [5.41, 5.74) is 2.05. The third kappa shape index (κ3) is 4.74. The van der Waals surface area contributed by atoms with Crippen molar-refractivity contribution < 1.29 is 13.9 Å². The molecule has 0 aliphatic carbocycles. The summed E-state index contributed by atoms with van der Waals surface area (Å²) in [4.78, 5) is 10.8. The maximum Gasteiger partial charge on any atom is 0.320 e. The first-order valence-electron chi connectivity index (χ1n) is 5.72. The molecule has 18 heavy (non-hydrogen) atoms. The third-order valence-electron chi connectivity index (χ3n) is 2.66. The lowest BCUT2D eigenvalue weighted by Crippen LogP contribution is -2.31. The number of hydrogen-bond donors (Lipinski definition) is 1. The lowest BCUT2D eigenvalue weighted by Gasteiger charge is -2.10. The highest BCUT2D eigenvalue weighted by Crippen LogP contribution is 2.10. The van der Waals surface area contributed by atoms with Crippen LogP contribution < -0.4 is 5.32 Å². The second kappa shape index (κ2) is 7.48. The monoisotopic (exact) mass is 317 g/mol. The number of rotatable bonds is 6.